The highest BCUT2D eigenvalue weighted by Crippen LogP contribution is 2.13. The number of hydrogen-bond acceptors (Lipinski definition) is 4. The molecule has 1 aromatic carbocycles. The Morgan fingerprint density at radius 1 is 1.30 bits per heavy atom. The Labute approximate surface area is 118 Å². The normalized spacial score (nSPS) is 10.6. The molecule has 0 saturated carbocycles. The molecular formula is C14H19N5O. The van der Waals surface area contributed by atoms with Crippen LogP contribution in [0.4, 0.5) is 0 Å². The largest absolute Gasteiger partial charge is 0.349 e. The van der Waals surface area contributed by atoms with E-state index in [1.54, 1.807) is 4.68 Å². The van der Waals surface area contributed by atoms with Crippen LogP contribution >= 0.6 is 0 Å². The lowest BCUT2D eigenvalue weighted by molar-refractivity contribution is -0.121. The molecule has 1 amide bonds. The molecular weight excluding hydrogens is 254 g/mol. The number of carbonyl (C=O) groups excluding carboxylic acids is 1. The predicted octanol–water partition coefficient (Wildman–Crippen LogP) is 1.70. The minimum absolute atomic E-state index is 0.0159. The van der Waals surface area contributed by atoms with Gasteiger partial charge in [-0.05, 0) is 54.0 Å². The van der Waals surface area contributed by atoms with Crippen LogP contribution in [0.15, 0.2) is 18.2 Å². The first-order valence-corrected chi connectivity index (χ1v) is 6.73. The van der Waals surface area contributed by atoms with Crippen LogP contribution in [0.5, 0.6) is 0 Å². The maximum absolute atomic E-state index is 11.5. The first-order valence-electron chi connectivity index (χ1n) is 6.73. The third kappa shape index (κ3) is 3.20. The maximum Gasteiger partial charge on any atom is 0.220 e. The second kappa shape index (κ2) is 6.27. The fraction of sp³-hybridized carbons (Fsp3) is 0.429. The van der Waals surface area contributed by atoms with E-state index in [0.717, 1.165) is 12.1 Å². The Morgan fingerprint density at radius 2 is 2.10 bits per heavy atom. The van der Waals surface area contributed by atoms with E-state index in [1.165, 1.54) is 11.1 Å². The summed E-state index contributed by atoms with van der Waals surface area (Å²) < 4.78 is 1.65. The van der Waals surface area contributed by atoms with E-state index in [4.69, 9.17) is 0 Å². The number of nitrogens with one attached hydrogen (secondary N) is 1. The highest BCUT2D eigenvalue weighted by Gasteiger charge is 2.10. The Kier molecular flexibility index (Phi) is 4.45. The van der Waals surface area contributed by atoms with E-state index >= 15 is 0 Å². The van der Waals surface area contributed by atoms with Crippen molar-refractivity contribution in [1.82, 2.24) is 25.5 Å². The monoisotopic (exact) mass is 273 g/mol. The molecule has 2 aromatic rings. The zero-order valence-corrected chi connectivity index (χ0v) is 12.1. The average molecular weight is 273 g/mol. The van der Waals surface area contributed by atoms with Crippen LogP contribution in [0.3, 0.4) is 0 Å². The topological polar surface area (TPSA) is 72.7 Å². The fourth-order valence-electron chi connectivity index (χ4n) is 1.87. The van der Waals surface area contributed by atoms with Gasteiger partial charge in [-0.3, -0.25) is 4.79 Å². The number of aromatic nitrogens is 4. The van der Waals surface area contributed by atoms with Gasteiger partial charge in [0.05, 0.1) is 12.2 Å². The van der Waals surface area contributed by atoms with E-state index in [0.29, 0.717) is 18.8 Å². The van der Waals surface area contributed by atoms with Crippen molar-refractivity contribution < 1.29 is 4.79 Å². The van der Waals surface area contributed by atoms with Gasteiger partial charge >= 0.3 is 0 Å². The summed E-state index contributed by atoms with van der Waals surface area (Å²) in [6, 6.07) is 6.03. The number of aryl methyl sites for hydroxylation is 2. The van der Waals surface area contributed by atoms with Crippen LogP contribution in [-0.2, 0) is 11.3 Å². The van der Waals surface area contributed by atoms with E-state index in [1.807, 2.05) is 32.0 Å². The maximum atomic E-state index is 11.5. The Bertz CT molecular complexity index is 605. The number of benzene rings is 1. The molecule has 0 atom stereocenters. The minimum atomic E-state index is 0.0159. The molecule has 6 nitrogen and oxygen atoms in total. The molecule has 1 N–H and O–H groups in total. The van der Waals surface area contributed by atoms with Gasteiger partial charge in [-0.1, -0.05) is 13.0 Å². The van der Waals surface area contributed by atoms with Crippen LogP contribution in [0.2, 0.25) is 0 Å². The van der Waals surface area contributed by atoms with Crippen LogP contribution in [0.25, 0.3) is 5.69 Å². The molecule has 1 heterocycles. The summed E-state index contributed by atoms with van der Waals surface area (Å²) in [7, 11) is 0. The summed E-state index contributed by atoms with van der Waals surface area (Å²) >= 11 is 0. The van der Waals surface area contributed by atoms with Crippen LogP contribution in [-0.4, -0.2) is 26.1 Å². The predicted molar refractivity (Wildman–Crippen MR) is 75.4 cm³/mol. The van der Waals surface area contributed by atoms with Crippen molar-refractivity contribution in [2.75, 3.05) is 0 Å². The third-order valence-corrected chi connectivity index (χ3v) is 3.19. The number of hydrogen-bond donors (Lipinski definition) is 1. The summed E-state index contributed by atoms with van der Waals surface area (Å²) in [4.78, 5) is 11.5. The van der Waals surface area contributed by atoms with E-state index in [2.05, 4.69) is 27.8 Å². The quantitative estimate of drug-likeness (QED) is 0.900. The molecule has 20 heavy (non-hydrogen) atoms. The second-order valence-electron chi connectivity index (χ2n) is 4.80. The van der Waals surface area contributed by atoms with Gasteiger partial charge < -0.3 is 5.32 Å². The molecule has 0 aliphatic heterocycles. The number of tetrazole rings is 1. The lowest BCUT2D eigenvalue weighted by Crippen LogP contribution is -2.24. The van der Waals surface area contributed by atoms with Crippen molar-refractivity contribution in [3.63, 3.8) is 0 Å². The van der Waals surface area contributed by atoms with Crippen LogP contribution < -0.4 is 5.32 Å². The molecule has 6 heteroatoms. The molecule has 0 spiro atoms. The molecule has 0 saturated heterocycles. The van der Waals surface area contributed by atoms with E-state index in [-0.39, 0.29) is 5.91 Å². The number of nitrogens with zero attached hydrogens (tertiary/aromatic N) is 4. The molecule has 1 aromatic heterocycles. The molecule has 0 radical (unpaired) electrons. The Hall–Kier alpha value is -2.24. The SMILES string of the molecule is CCCC(=O)NCc1nnnn1-c1ccc(C)c(C)c1. The molecule has 2 rings (SSSR count). The average Bonchev–Trinajstić information content (AvgIpc) is 2.88. The van der Waals surface area contributed by atoms with Crippen LogP contribution in [0.1, 0.15) is 36.7 Å². The van der Waals surface area contributed by atoms with Crippen molar-refractivity contribution in [3.05, 3.63) is 35.2 Å². The highest BCUT2D eigenvalue weighted by atomic mass is 16.1. The highest BCUT2D eigenvalue weighted by molar-refractivity contribution is 5.75. The summed E-state index contributed by atoms with van der Waals surface area (Å²) in [6.45, 7) is 6.41. The van der Waals surface area contributed by atoms with E-state index < -0.39 is 0 Å². The molecule has 0 fully saturated rings. The van der Waals surface area contributed by atoms with Crippen molar-refractivity contribution in [2.45, 2.75) is 40.2 Å². The van der Waals surface area contributed by atoms with Gasteiger partial charge in [-0.25, -0.2) is 0 Å². The van der Waals surface area contributed by atoms with Gasteiger partial charge in [0.15, 0.2) is 5.82 Å². The van der Waals surface area contributed by atoms with E-state index in [9.17, 15) is 4.79 Å². The van der Waals surface area contributed by atoms with Gasteiger partial charge in [0.1, 0.15) is 0 Å². The summed E-state index contributed by atoms with van der Waals surface area (Å²) in [5, 5.41) is 14.5. The summed E-state index contributed by atoms with van der Waals surface area (Å²) in [5.41, 5.74) is 3.30. The van der Waals surface area contributed by atoms with Gasteiger partial charge in [-0.2, -0.15) is 4.68 Å². The van der Waals surface area contributed by atoms with Gasteiger partial charge in [0, 0.05) is 6.42 Å². The molecule has 0 bridgehead atoms. The van der Waals surface area contributed by atoms with Crippen molar-refractivity contribution in [2.24, 2.45) is 0 Å². The molecule has 0 unspecified atom stereocenters. The number of amides is 1. The Balaban J connectivity index is 2.15. The summed E-state index contributed by atoms with van der Waals surface area (Å²) in [6.07, 6.45) is 1.35. The molecule has 0 aliphatic carbocycles. The van der Waals surface area contributed by atoms with Crippen molar-refractivity contribution >= 4 is 5.91 Å². The number of carbonyl (C=O) groups is 1. The number of rotatable bonds is 5. The van der Waals surface area contributed by atoms with Crippen molar-refractivity contribution in [3.8, 4) is 5.69 Å². The molecule has 106 valence electrons. The summed E-state index contributed by atoms with van der Waals surface area (Å²) in [5.74, 6) is 0.639. The molecule has 0 aliphatic rings. The third-order valence-electron chi connectivity index (χ3n) is 3.19. The van der Waals surface area contributed by atoms with Crippen LogP contribution in [0, 0.1) is 13.8 Å². The fourth-order valence-corrected chi connectivity index (χ4v) is 1.87. The first kappa shape index (κ1) is 14.2. The van der Waals surface area contributed by atoms with Gasteiger partial charge in [0.2, 0.25) is 5.91 Å². The minimum Gasteiger partial charge on any atom is -0.349 e. The van der Waals surface area contributed by atoms with Crippen molar-refractivity contribution in [1.29, 1.82) is 0 Å². The standard InChI is InChI=1S/C14H19N5O/c1-4-5-14(20)15-9-13-16-17-18-19(13)12-7-6-10(2)11(3)8-12/h6-8H,4-5,9H2,1-3H3,(H,15,20). The Morgan fingerprint density at radius 3 is 2.80 bits per heavy atom. The zero-order chi connectivity index (χ0) is 14.5. The zero-order valence-electron chi connectivity index (χ0n) is 12.1. The lowest BCUT2D eigenvalue weighted by atomic mass is 10.1. The van der Waals surface area contributed by atoms with Gasteiger partial charge in [0.25, 0.3) is 0 Å². The second-order valence-corrected chi connectivity index (χ2v) is 4.80. The first-order chi connectivity index (χ1) is 9.61. The lowest BCUT2D eigenvalue weighted by Gasteiger charge is -2.08. The van der Waals surface area contributed by atoms with Gasteiger partial charge in [-0.15, -0.1) is 5.10 Å². The smallest absolute Gasteiger partial charge is 0.220 e.